The molecule has 0 N–H and O–H groups in total. The molecule has 3 nitrogen and oxygen atoms in total. The van der Waals surface area contributed by atoms with E-state index >= 15 is 0 Å². The van der Waals surface area contributed by atoms with Crippen molar-refractivity contribution in [2.45, 2.75) is 71.3 Å². The van der Waals surface area contributed by atoms with Crippen molar-refractivity contribution in [1.29, 1.82) is 0 Å². The molecule has 1 aliphatic heterocycles. The van der Waals surface area contributed by atoms with Gasteiger partial charge < -0.3 is 4.90 Å². The molecule has 0 radical (unpaired) electrons. The van der Waals surface area contributed by atoms with E-state index in [4.69, 9.17) is 16.6 Å². The van der Waals surface area contributed by atoms with Crippen LogP contribution in [0.15, 0.2) is 0 Å². The summed E-state index contributed by atoms with van der Waals surface area (Å²) in [6, 6.07) is 0.673. The van der Waals surface area contributed by atoms with Crippen molar-refractivity contribution in [2.75, 3.05) is 11.4 Å². The first-order valence-electron chi connectivity index (χ1n) is 8.50. The molecule has 4 heteroatoms. The molecular weight excluding hydrogens is 282 g/mol. The van der Waals surface area contributed by atoms with Gasteiger partial charge in [-0.3, -0.25) is 0 Å². The van der Waals surface area contributed by atoms with Gasteiger partial charge in [0.15, 0.2) is 0 Å². The molecular formula is C17H26ClN3. The molecule has 116 valence electrons. The first kappa shape index (κ1) is 15.1. The van der Waals surface area contributed by atoms with Crippen molar-refractivity contribution in [3.63, 3.8) is 0 Å². The van der Waals surface area contributed by atoms with Crippen LogP contribution in [0.1, 0.15) is 63.3 Å². The Morgan fingerprint density at radius 1 is 1.14 bits per heavy atom. The number of aryl methyl sites for hydroxylation is 1. The predicted octanol–water partition coefficient (Wildman–Crippen LogP) is 4.55. The molecule has 2 heterocycles. The van der Waals surface area contributed by atoms with Crippen molar-refractivity contribution < 1.29 is 0 Å². The predicted molar refractivity (Wildman–Crippen MR) is 88.1 cm³/mol. The van der Waals surface area contributed by atoms with Crippen LogP contribution < -0.4 is 4.90 Å². The lowest BCUT2D eigenvalue weighted by Gasteiger charge is -2.45. The molecule has 0 amide bonds. The second-order valence-electron chi connectivity index (χ2n) is 6.58. The molecule has 1 aromatic heterocycles. The first-order chi connectivity index (χ1) is 10.2. The van der Waals surface area contributed by atoms with Crippen LogP contribution in [0.25, 0.3) is 0 Å². The summed E-state index contributed by atoms with van der Waals surface area (Å²) in [5.41, 5.74) is 1.06. The number of anilines is 1. The van der Waals surface area contributed by atoms with Gasteiger partial charge in [-0.15, -0.1) is 0 Å². The fraction of sp³-hybridized carbons (Fsp3) is 0.765. The maximum Gasteiger partial charge on any atom is 0.137 e. The molecule has 2 fully saturated rings. The summed E-state index contributed by atoms with van der Waals surface area (Å²) in [4.78, 5) is 11.9. The summed E-state index contributed by atoms with van der Waals surface area (Å²) >= 11 is 6.37. The minimum Gasteiger partial charge on any atom is -0.353 e. The summed E-state index contributed by atoms with van der Waals surface area (Å²) in [5, 5.41) is 0.640. The standard InChI is InChI=1S/C17H26ClN3/c1-3-7-15-19-16(18)12(2)17(20-15)21-11-6-9-13-8-4-5-10-14(13)21/h13-14H,3-11H2,1-2H3/t13-,14-/m1/s1. The number of nitrogens with zero attached hydrogens (tertiary/aromatic N) is 3. The number of rotatable bonds is 3. The average Bonchev–Trinajstić information content (AvgIpc) is 2.50. The first-order valence-corrected chi connectivity index (χ1v) is 8.88. The van der Waals surface area contributed by atoms with Crippen LogP contribution in [0.5, 0.6) is 0 Å². The van der Waals surface area contributed by atoms with Crippen LogP contribution in [0.2, 0.25) is 5.15 Å². The Balaban J connectivity index is 1.94. The van der Waals surface area contributed by atoms with Crippen molar-refractivity contribution in [1.82, 2.24) is 9.97 Å². The maximum absolute atomic E-state index is 6.37. The fourth-order valence-corrected chi connectivity index (χ4v) is 4.21. The molecule has 2 atom stereocenters. The van der Waals surface area contributed by atoms with Crippen molar-refractivity contribution in [3.8, 4) is 0 Å². The van der Waals surface area contributed by atoms with Gasteiger partial charge in [0.25, 0.3) is 0 Å². The van der Waals surface area contributed by atoms with E-state index in [2.05, 4.69) is 23.7 Å². The summed E-state index contributed by atoms with van der Waals surface area (Å²) in [7, 11) is 0. The number of hydrogen-bond acceptors (Lipinski definition) is 3. The van der Waals surface area contributed by atoms with E-state index < -0.39 is 0 Å². The van der Waals surface area contributed by atoms with Gasteiger partial charge in [0, 0.05) is 24.6 Å². The van der Waals surface area contributed by atoms with Crippen molar-refractivity contribution >= 4 is 17.4 Å². The van der Waals surface area contributed by atoms with Crippen LogP contribution in [-0.2, 0) is 6.42 Å². The van der Waals surface area contributed by atoms with Gasteiger partial charge in [-0.05, 0) is 44.9 Å². The molecule has 1 saturated heterocycles. The number of aromatic nitrogens is 2. The third-order valence-electron chi connectivity index (χ3n) is 5.10. The molecule has 0 bridgehead atoms. The van der Waals surface area contributed by atoms with Crippen molar-refractivity contribution in [2.24, 2.45) is 5.92 Å². The minimum atomic E-state index is 0.640. The molecule has 3 rings (SSSR count). The Labute approximate surface area is 133 Å². The van der Waals surface area contributed by atoms with Crippen LogP contribution in [0, 0.1) is 12.8 Å². The van der Waals surface area contributed by atoms with E-state index in [1.54, 1.807) is 0 Å². The highest BCUT2D eigenvalue weighted by atomic mass is 35.5. The fourth-order valence-electron chi connectivity index (χ4n) is 4.02. The normalized spacial score (nSPS) is 25.8. The Morgan fingerprint density at radius 3 is 2.71 bits per heavy atom. The second kappa shape index (κ2) is 6.51. The largest absolute Gasteiger partial charge is 0.353 e. The van der Waals surface area contributed by atoms with Gasteiger partial charge in [0.05, 0.1) is 0 Å². The molecule has 1 aliphatic carbocycles. The lowest BCUT2D eigenvalue weighted by atomic mass is 9.78. The van der Waals surface area contributed by atoms with Gasteiger partial charge in [0.2, 0.25) is 0 Å². The van der Waals surface area contributed by atoms with E-state index in [-0.39, 0.29) is 0 Å². The lowest BCUT2D eigenvalue weighted by Crippen LogP contribution is -2.47. The molecule has 0 aromatic carbocycles. The Hall–Kier alpha value is -0.830. The highest BCUT2D eigenvalue weighted by Crippen LogP contribution is 2.38. The van der Waals surface area contributed by atoms with Crippen LogP contribution in [0.3, 0.4) is 0 Å². The van der Waals surface area contributed by atoms with E-state index in [9.17, 15) is 0 Å². The van der Waals surface area contributed by atoms with Crippen LogP contribution in [0.4, 0.5) is 5.82 Å². The average molecular weight is 308 g/mol. The van der Waals surface area contributed by atoms with Crippen LogP contribution >= 0.6 is 11.6 Å². The molecule has 21 heavy (non-hydrogen) atoms. The zero-order chi connectivity index (χ0) is 14.8. The SMILES string of the molecule is CCCc1nc(Cl)c(C)c(N2CCC[C@H]3CCCC[C@H]32)n1. The smallest absolute Gasteiger partial charge is 0.137 e. The van der Waals surface area contributed by atoms with Gasteiger partial charge >= 0.3 is 0 Å². The number of halogens is 1. The third kappa shape index (κ3) is 3.03. The Kier molecular flexibility index (Phi) is 4.68. The highest BCUT2D eigenvalue weighted by Gasteiger charge is 2.34. The molecule has 0 spiro atoms. The minimum absolute atomic E-state index is 0.640. The second-order valence-corrected chi connectivity index (χ2v) is 6.93. The van der Waals surface area contributed by atoms with E-state index in [0.717, 1.165) is 42.5 Å². The zero-order valence-corrected chi connectivity index (χ0v) is 14.0. The van der Waals surface area contributed by atoms with Gasteiger partial charge in [-0.25, -0.2) is 9.97 Å². The van der Waals surface area contributed by atoms with E-state index in [1.165, 1.54) is 38.5 Å². The summed E-state index contributed by atoms with van der Waals surface area (Å²) in [5.74, 6) is 2.87. The third-order valence-corrected chi connectivity index (χ3v) is 5.46. The number of piperidine rings is 1. The van der Waals surface area contributed by atoms with Gasteiger partial charge in [-0.1, -0.05) is 31.4 Å². The quantitative estimate of drug-likeness (QED) is 0.767. The number of fused-ring (bicyclic) bond motifs is 1. The molecule has 1 aromatic rings. The zero-order valence-electron chi connectivity index (χ0n) is 13.2. The Bertz CT molecular complexity index is 501. The summed E-state index contributed by atoms with van der Waals surface area (Å²) in [6.45, 7) is 5.36. The monoisotopic (exact) mass is 307 g/mol. The lowest BCUT2D eigenvalue weighted by molar-refractivity contribution is 0.242. The topological polar surface area (TPSA) is 29.0 Å². The molecule has 1 saturated carbocycles. The van der Waals surface area contributed by atoms with E-state index in [0.29, 0.717) is 11.2 Å². The van der Waals surface area contributed by atoms with E-state index in [1.807, 2.05) is 0 Å². The Morgan fingerprint density at radius 2 is 1.90 bits per heavy atom. The van der Waals surface area contributed by atoms with Gasteiger partial charge in [0.1, 0.15) is 16.8 Å². The maximum atomic E-state index is 6.37. The van der Waals surface area contributed by atoms with Crippen molar-refractivity contribution in [3.05, 3.63) is 16.5 Å². The molecule has 0 unspecified atom stereocenters. The highest BCUT2D eigenvalue weighted by molar-refractivity contribution is 6.30. The number of hydrogen-bond donors (Lipinski definition) is 0. The summed E-state index contributed by atoms with van der Waals surface area (Å²) < 4.78 is 0. The summed E-state index contributed by atoms with van der Waals surface area (Å²) in [6.07, 6.45) is 10.1. The van der Waals surface area contributed by atoms with Crippen LogP contribution in [-0.4, -0.2) is 22.6 Å². The van der Waals surface area contributed by atoms with Gasteiger partial charge in [-0.2, -0.15) is 0 Å². The molecule has 2 aliphatic rings.